The van der Waals surface area contributed by atoms with Crippen molar-refractivity contribution in [2.75, 3.05) is 19.0 Å². The molecule has 20 heavy (non-hydrogen) atoms. The van der Waals surface area contributed by atoms with Crippen molar-refractivity contribution in [3.05, 3.63) is 40.2 Å². The maximum atomic E-state index is 11.6. The fraction of sp³-hybridized carbons (Fsp3) is 0.286. The molecule has 2 rings (SSSR count). The molecule has 0 unspecified atom stereocenters. The lowest BCUT2D eigenvalue weighted by atomic mass is 10.1. The summed E-state index contributed by atoms with van der Waals surface area (Å²) in [5, 5.41) is 3.47. The summed E-state index contributed by atoms with van der Waals surface area (Å²) in [5.74, 6) is 0. The molecular weight excluding hydrogens is 260 g/mol. The Balaban J connectivity index is 2.39. The fourth-order valence-corrected chi connectivity index (χ4v) is 1.97. The summed E-state index contributed by atoms with van der Waals surface area (Å²) >= 11 is 0. The predicted molar refractivity (Wildman–Crippen MR) is 75.9 cm³/mol. The zero-order chi connectivity index (χ0) is 14.5. The van der Waals surface area contributed by atoms with Crippen LogP contribution in [0.25, 0.3) is 10.9 Å². The lowest BCUT2D eigenvalue weighted by Gasteiger charge is -2.08. The Morgan fingerprint density at radius 1 is 1.35 bits per heavy atom. The number of amides is 1. The molecule has 1 aromatic carbocycles. The van der Waals surface area contributed by atoms with Crippen LogP contribution in [-0.4, -0.2) is 24.8 Å². The highest BCUT2D eigenvalue weighted by Gasteiger charge is 2.06. The van der Waals surface area contributed by atoms with Gasteiger partial charge < -0.3 is 14.5 Å². The largest absolute Gasteiger partial charge is 0.450 e. The monoisotopic (exact) mass is 276 g/mol. The number of rotatable bonds is 4. The molecule has 0 saturated heterocycles. The normalized spacial score (nSPS) is 10.5. The van der Waals surface area contributed by atoms with E-state index < -0.39 is 6.09 Å². The van der Waals surface area contributed by atoms with Crippen molar-refractivity contribution in [2.24, 2.45) is 0 Å². The number of carbonyl (C=O) groups is 1. The number of aromatic amines is 1. The number of carbonyl (C=O) groups excluding carboxylic acids is 1. The highest BCUT2D eigenvalue weighted by Crippen LogP contribution is 2.20. The van der Waals surface area contributed by atoms with Crippen molar-refractivity contribution in [2.45, 2.75) is 13.5 Å². The van der Waals surface area contributed by atoms with Crippen molar-refractivity contribution in [1.29, 1.82) is 0 Å². The van der Waals surface area contributed by atoms with E-state index >= 15 is 0 Å². The summed E-state index contributed by atoms with van der Waals surface area (Å²) in [6.07, 6.45) is -0.526. The second-order valence-corrected chi connectivity index (χ2v) is 4.20. The molecule has 0 aliphatic rings. The molecule has 2 aromatic rings. The smallest absolute Gasteiger partial charge is 0.411 e. The van der Waals surface area contributed by atoms with Crippen LogP contribution in [0.3, 0.4) is 0 Å². The van der Waals surface area contributed by atoms with Crippen LogP contribution in [0.2, 0.25) is 0 Å². The molecule has 0 aliphatic heterocycles. The molecule has 1 amide bonds. The van der Waals surface area contributed by atoms with Gasteiger partial charge in [0.1, 0.15) is 0 Å². The van der Waals surface area contributed by atoms with E-state index in [1.165, 1.54) is 6.07 Å². The average molecular weight is 276 g/mol. The van der Waals surface area contributed by atoms with Crippen LogP contribution in [0, 0.1) is 0 Å². The third kappa shape index (κ3) is 3.16. The van der Waals surface area contributed by atoms with Gasteiger partial charge >= 0.3 is 6.09 Å². The van der Waals surface area contributed by atoms with Gasteiger partial charge in [0.2, 0.25) is 5.56 Å². The van der Waals surface area contributed by atoms with E-state index in [9.17, 15) is 9.59 Å². The van der Waals surface area contributed by atoms with E-state index in [1.807, 2.05) is 6.07 Å². The van der Waals surface area contributed by atoms with Gasteiger partial charge in [-0.1, -0.05) is 6.07 Å². The van der Waals surface area contributed by atoms with Crippen LogP contribution in [0.5, 0.6) is 0 Å². The van der Waals surface area contributed by atoms with E-state index in [0.717, 1.165) is 10.9 Å². The zero-order valence-corrected chi connectivity index (χ0v) is 11.4. The SMILES string of the molecule is CCOC(=O)Nc1ccc2c(COC)cc(=O)[nH]c2c1. The molecule has 0 saturated carbocycles. The van der Waals surface area contributed by atoms with Crippen molar-refractivity contribution in [3.8, 4) is 0 Å². The van der Waals surface area contributed by atoms with E-state index in [2.05, 4.69) is 10.3 Å². The summed E-state index contributed by atoms with van der Waals surface area (Å²) in [5.41, 5.74) is 1.78. The minimum absolute atomic E-state index is 0.210. The van der Waals surface area contributed by atoms with E-state index in [4.69, 9.17) is 9.47 Å². The van der Waals surface area contributed by atoms with Crippen LogP contribution < -0.4 is 10.9 Å². The average Bonchev–Trinajstić information content (AvgIpc) is 2.38. The van der Waals surface area contributed by atoms with E-state index in [1.54, 1.807) is 26.2 Å². The predicted octanol–water partition coefficient (Wildman–Crippen LogP) is 2.24. The Bertz CT molecular complexity index is 678. The van der Waals surface area contributed by atoms with Crippen molar-refractivity contribution < 1.29 is 14.3 Å². The van der Waals surface area contributed by atoms with Gasteiger partial charge in [-0.3, -0.25) is 10.1 Å². The fourth-order valence-electron chi connectivity index (χ4n) is 1.97. The van der Waals surface area contributed by atoms with Crippen LogP contribution in [0.4, 0.5) is 10.5 Å². The van der Waals surface area contributed by atoms with Gasteiger partial charge in [-0.2, -0.15) is 0 Å². The zero-order valence-electron chi connectivity index (χ0n) is 11.4. The van der Waals surface area contributed by atoms with Crippen molar-refractivity contribution in [3.63, 3.8) is 0 Å². The summed E-state index contributed by atoms with van der Waals surface area (Å²) < 4.78 is 9.88. The molecule has 0 bridgehead atoms. The maximum absolute atomic E-state index is 11.6. The first-order valence-electron chi connectivity index (χ1n) is 6.22. The first-order chi connectivity index (χ1) is 9.63. The molecule has 1 aromatic heterocycles. The topological polar surface area (TPSA) is 80.4 Å². The summed E-state index contributed by atoms with van der Waals surface area (Å²) in [6.45, 7) is 2.38. The number of H-pyrrole nitrogens is 1. The number of hydrogen-bond donors (Lipinski definition) is 2. The Morgan fingerprint density at radius 2 is 2.15 bits per heavy atom. The number of hydrogen-bond acceptors (Lipinski definition) is 4. The first-order valence-corrected chi connectivity index (χ1v) is 6.22. The molecule has 6 heteroatoms. The maximum Gasteiger partial charge on any atom is 0.411 e. The minimum atomic E-state index is -0.526. The summed E-state index contributed by atoms with van der Waals surface area (Å²) in [7, 11) is 1.57. The molecular formula is C14H16N2O4. The number of aromatic nitrogens is 1. The molecule has 0 spiro atoms. The van der Waals surface area contributed by atoms with Crippen molar-refractivity contribution >= 4 is 22.7 Å². The second-order valence-electron chi connectivity index (χ2n) is 4.20. The van der Waals surface area contributed by atoms with Gasteiger partial charge in [0.25, 0.3) is 0 Å². The van der Waals surface area contributed by atoms with Gasteiger partial charge in [-0.05, 0) is 24.6 Å². The van der Waals surface area contributed by atoms with Crippen LogP contribution in [0.15, 0.2) is 29.1 Å². The second kappa shape index (κ2) is 6.21. The molecule has 0 aliphatic carbocycles. The molecule has 0 atom stereocenters. The quantitative estimate of drug-likeness (QED) is 0.897. The Labute approximate surface area is 115 Å². The summed E-state index contributed by atoms with van der Waals surface area (Å²) in [6, 6.07) is 6.76. The number of benzene rings is 1. The minimum Gasteiger partial charge on any atom is -0.450 e. The number of methoxy groups -OCH3 is 1. The van der Waals surface area contributed by atoms with E-state index in [-0.39, 0.29) is 5.56 Å². The first kappa shape index (κ1) is 14.1. The lowest BCUT2D eigenvalue weighted by Crippen LogP contribution is -2.13. The highest BCUT2D eigenvalue weighted by atomic mass is 16.5. The van der Waals surface area contributed by atoms with Gasteiger partial charge in [-0.25, -0.2) is 4.79 Å². The van der Waals surface area contributed by atoms with Crippen LogP contribution in [-0.2, 0) is 16.1 Å². The molecule has 1 heterocycles. The third-order valence-electron chi connectivity index (χ3n) is 2.75. The summed E-state index contributed by atoms with van der Waals surface area (Å²) in [4.78, 5) is 25.7. The Morgan fingerprint density at radius 3 is 2.85 bits per heavy atom. The molecule has 2 N–H and O–H groups in total. The number of fused-ring (bicyclic) bond motifs is 1. The van der Waals surface area contributed by atoms with E-state index in [0.29, 0.717) is 24.4 Å². The van der Waals surface area contributed by atoms with Crippen molar-refractivity contribution in [1.82, 2.24) is 4.98 Å². The lowest BCUT2D eigenvalue weighted by molar-refractivity contribution is 0.168. The van der Waals surface area contributed by atoms with Crippen LogP contribution >= 0.6 is 0 Å². The molecule has 106 valence electrons. The Kier molecular flexibility index (Phi) is 4.37. The van der Waals surface area contributed by atoms with Gasteiger partial charge in [0.05, 0.1) is 18.7 Å². The highest BCUT2D eigenvalue weighted by molar-refractivity contribution is 5.90. The molecule has 6 nitrogen and oxygen atoms in total. The number of nitrogens with one attached hydrogen (secondary N) is 2. The third-order valence-corrected chi connectivity index (χ3v) is 2.75. The standard InChI is InChI=1S/C14H16N2O4/c1-3-20-14(18)15-10-4-5-11-9(8-19-2)6-13(17)16-12(11)7-10/h4-7H,3,8H2,1-2H3,(H,15,18)(H,16,17). The molecule has 0 radical (unpaired) electrons. The Hall–Kier alpha value is -2.34. The van der Waals surface area contributed by atoms with Gasteiger partial charge in [0.15, 0.2) is 0 Å². The molecule has 0 fully saturated rings. The number of anilines is 1. The van der Waals surface area contributed by atoms with Crippen LogP contribution in [0.1, 0.15) is 12.5 Å². The van der Waals surface area contributed by atoms with Gasteiger partial charge in [0, 0.05) is 24.2 Å². The number of pyridine rings is 1. The van der Waals surface area contributed by atoms with Gasteiger partial charge in [-0.15, -0.1) is 0 Å². The number of ether oxygens (including phenoxy) is 2.